The Kier molecular flexibility index (Phi) is 4.00. The van der Waals surface area contributed by atoms with E-state index < -0.39 is 0 Å². The predicted molar refractivity (Wildman–Crippen MR) is 74.8 cm³/mol. The second kappa shape index (κ2) is 5.32. The zero-order valence-electron chi connectivity index (χ0n) is 10.8. The van der Waals surface area contributed by atoms with Crippen molar-refractivity contribution in [3.05, 3.63) is 29.8 Å². The summed E-state index contributed by atoms with van der Waals surface area (Å²) in [7, 11) is 1.70. The predicted octanol–water partition coefficient (Wildman–Crippen LogP) is 3.07. The lowest BCUT2D eigenvalue weighted by Crippen LogP contribution is -2.40. The molecule has 17 heavy (non-hydrogen) atoms. The first-order valence-electron chi connectivity index (χ1n) is 6.20. The molecule has 1 aliphatic rings. The van der Waals surface area contributed by atoms with Crippen molar-refractivity contribution < 1.29 is 4.74 Å². The summed E-state index contributed by atoms with van der Waals surface area (Å²) in [5, 5.41) is 3.73. The van der Waals surface area contributed by atoms with Gasteiger partial charge in [0.1, 0.15) is 5.75 Å². The molecule has 1 aliphatic heterocycles. The molecule has 1 N–H and O–H groups in total. The molecule has 1 fully saturated rings. The molecule has 2 unspecified atom stereocenters. The Bertz CT molecular complexity index is 365. The van der Waals surface area contributed by atoms with Crippen LogP contribution in [0, 0.1) is 0 Å². The van der Waals surface area contributed by atoms with E-state index in [1.54, 1.807) is 7.11 Å². The quantitative estimate of drug-likeness (QED) is 0.888. The van der Waals surface area contributed by atoms with E-state index in [1.807, 2.05) is 23.9 Å². The highest BCUT2D eigenvalue weighted by atomic mass is 32.2. The fourth-order valence-corrected chi connectivity index (χ4v) is 3.66. The van der Waals surface area contributed by atoms with Gasteiger partial charge in [-0.25, -0.2) is 0 Å². The van der Waals surface area contributed by atoms with Gasteiger partial charge in [0.2, 0.25) is 0 Å². The van der Waals surface area contributed by atoms with E-state index in [-0.39, 0.29) is 4.87 Å². The Balaban J connectivity index is 2.00. The molecule has 94 valence electrons. The van der Waals surface area contributed by atoms with Crippen LogP contribution in [-0.4, -0.2) is 23.8 Å². The van der Waals surface area contributed by atoms with E-state index in [4.69, 9.17) is 4.74 Å². The molecule has 0 spiro atoms. The zero-order chi connectivity index (χ0) is 12.3. The van der Waals surface area contributed by atoms with E-state index >= 15 is 0 Å². The van der Waals surface area contributed by atoms with Crippen LogP contribution in [0.3, 0.4) is 0 Å². The lowest BCUT2D eigenvalue weighted by Gasteiger charge is -2.25. The number of nitrogens with one attached hydrogen (secondary N) is 1. The van der Waals surface area contributed by atoms with Crippen LogP contribution in [0.5, 0.6) is 5.75 Å². The summed E-state index contributed by atoms with van der Waals surface area (Å²) in [6, 6.07) is 9.06. The van der Waals surface area contributed by atoms with Gasteiger partial charge < -0.3 is 4.74 Å². The molecule has 0 saturated carbocycles. The van der Waals surface area contributed by atoms with Crippen molar-refractivity contribution in [3.63, 3.8) is 0 Å². The average molecular weight is 251 g/mol. The van der Waals surface area contributed by atoms with Crippen LogP contribution < -0.4 is 10.1 Å². The summed E-state index contributed by atoms with van der Waals surface area (Å²) in [5.74, 6) is 2.15. The molecule has 0 aromatic heterocycles. The van der Waals surface area contributed by atoms with E-state index in [0.29, 0.717) is 6.04 Å². The number of rotatable bonds is 4. The molecule has 0 aliphatic carbocycles. The highest BCUT2D eigenvalue weighted by Gasteiger charge is 2.34. The van der Waals surface area contributed by atoms with Crippen molar-refractivity contribution in [3.8, 4) is 5.75 Å². The van der Waals surface area contributed by atoms with Crippen LogP contribution in [0.1, 0.15) is 25.8 Å². The molecular weight excluding hydrogens is 230 g/mol. The topological polar surface area (TPSA) is 21.3 Å². The second-order valence-corrected chi connectivity index (χ2v) is 6.34. The first-order valence-corrected chi connectivity index (χ1v) is 7.18. The van der Waals surface area contributed by atoms with Crippen molar-refractivity contribution in [1.82, 2.24) is 5.32 Å². The zero-order valence-corrected chi connectivity index (χ0v) is 11.6. The maximum atomic E-state index is 5.18. The lowest BCUT2D eigenvalue weighted by molar-refractivity contribution is 0.414. The number of hydrogen-bond donors (Lipinski definition) is 1. The fourth-order valence-electron chi connectivity index (χ4n) is 2.25. The van der Waals surface area contributed by atoms with Crippen LogP contribution in [0.15, 0.2) is 24.3 Å². The normalized spacial score (nSPS) is 28.3. The van der Waals surface area contributed by atoms with Gasteiger partial charge in [-0.2, -0.15) is 0 Å². The smallest absolute Gasteiger partial charge is 0.118 e. The summed E-state index contributed by atoms with van der Waals surface area (Å²) in [6.45, 7) is 4.55. The highest BCUT2D eigenvalue weighted by molar-refractivity contribution is 8.00. The number of benzene rings is 1. The minimum Gasteiger partial charge on any atom is -0.497 e. The van der Waals surface area contributed by atoms with Gasteiger partial charge in [-0.05, 0) is 37.5 Å². The molecule has 2 rings (SSSR count). The number of hydrogen-bond acceptors (Lipinski definition) is 3. The van der Waals surface area contributed by atoms with Gasteiger partial charge in [0.05, 0.1) is 12.0 Å². The molecule has 1 aromatic rings. The van der Waals surface area contributed by atoms with Crippen LogP contribution in [0.25, 0.3) is 0 Å². The third-order valence-electron chi connectivity index (χ3n) is 3.31. The summed E-state index contributed by atoms with van der Waals surface area (Å²) >= 11 is 2.04. The van der Waals surface area contributed by atoms with Crippen LogP contribution in [0.4, 0.5) is 0 Å². The van der Waals surface area contributed by atoms with Gasteiger partial charge >= 0.3 is 0 Å². The Hall–Kier alpha value is -0.670. The SMILES string of the molecule is CCC1CSC(C)(Cc2ccc(OC)cc2)N1. The number of thioether (sulfide) groups is 1. The maximum absolute atomic E-state index is 5.18. The van der Waals surface area contributed by atoms with Gasteiger partial charge in [0, 0.05) is 11.8 Å². The molecule has 2 nitrogen and oxygen atoms in total. The molecular formula is C14H21NOS. The Labute approximate surface area is 108 Å². The van der Waals surface area contributed by atoms with Crippen molar-refractivity contribution in [2.45, 2.75) is 37.6 Å². The minimum absolute atomic E-state index is 0.190. The summed E-state index contributed by atoms with van der Waals surface area (Å²) in [4.78, 5) is 0.190. The second-order valence-electron chi connectivity index (χ2n) is 4.82. The van der Waals surface area contributed by atoms with Gasteiger partial charge in [-0.1, -0.05) is 19.1 Å². The molecule has 0 amide bonds. The highest BCUT2D eigenvalue weighted by Crippen LogP contribution is 2.34. The third kappa shape index (κ3) is 3.17. The monoisotopic (exact) mass is 251 g/mol. The van der Waals surface area contributed by atoms with Crippen molar-refractivity contribution in [2.75, 3.05) is 12.9 Å². The summed E-state index contributed by atoms with van der Waals surface area (Å²) in [5.41, 5.74) is 1.37. The Morgan fingerprint density at radius 1 is 1.41 bits per heavy atom. The van der Waals surface area contributed by atoms with Gasteiger partial charge in [0.15, 0.2) is 0 Å². The molecule has 2 atom stereocenters. The van der Waals surface area contributed by atoms with Gasteiger partial charge in [-0.3, -0.25) is 5.32 Å². The molecule has 1 saturated heterocycles. The molecule has 0 bridgehead atoms. The fraction of sp³-hybridized carbons (Fsp3) is 0.571. The lowest BCUT2D eigenvalue weighted by atomic mass is 10.1. The van der Waals surface area contributed by atoms with Crippen LogP contribution >= 0.6 is 11.8 Å². The minimum atomic E-state index is 0.190. The van der Waals surface area contributed by atoms with Crippen molar-refractivity contribution in [2.24, 2.45) is 0 Å². The number of methoxy groups -OCH3 is 1. The van der Waals surface area contributed by atoms with E-state index in [1.165, 1.54) is 17.7 Å². The van der Waals surface area contributed by atoms with Gasteiger partial charge in [0.25, 0.3) is 0 Å². The van der Waals surface area contributed by atoms with Crippen LogP contribution in [0.2, 0.25) is 0 Å². The summed E-state index contributed by atoms with van der Waals surface area (Å²) < 4.78 is 5.18. The Morgan fingerprint density at radius 3 is 2.65 bits per heavy atom. The first-order chi connectivity index (χ1) is 8.15. The van der Waals surface area contributed by atoms with Crippen molar-refractivity contribution >= 4 is 11.8 Å². The average Bonchev–Trinajstić information content (AvgIpc) is 2.72. The molecule has 1 heterocycles. The number of ether oxygens (including phenoxy) is 1. The van der Waals surface area contributed by atoms with Crippen LogP contribution in [-0.2, 0) is 6.42 Å². The third-order valence-corrected chi connectivity index (χ3v) is 4.77. The summed E-state index contributed by atoms with van der Waals surface area (Å²) in [6.07, 6.45) is 2.28. The van der Waals surface area contributed by atoms with E-state index in [2.05, 4.69) is 31.3 Å². The Morgan fingerprint density at radius 2 is 2.12 bits per heavy atom. The standard InChI is InChI=1S/C14H21NOS/c1-4-12-10-17-14(2,15-12)9-11-5-7-13(16-3)8-6-11/h5-8,12,15H,4,9-10H2,1-3H3. The maximum Gasteiger partial charge on any atom is 0.118 e. The first kappa shape index (κ1) is 12.8. The van der Waals surface area contributed by atoms with E-state index in [0.717, 1.165) is 12.2 Å². The van der Waals surface area contributed by atoms with Gasteiger partial charge in [-0.15, -0.1) is 11.8 Å². The molecule has 0 radical (unpaired) electrons. The molecule has 1 aromatic carbocycles. The van der Waals surface area contributed by atoms with Crippen molar-refractivity contribution in [1.29, 1.82) is 0 Å². The van der Waals surface area contributed by atoms with E-state index in [9.17, 15) is 0 Å². The largest absolute Gasteiger partial charge is 0.497 e. The molecule has 3 heteroatoms.